The third kappa shape index (κ3) is 25.7. The standard InChI is InChI=1S/C5H11NO2.2O.Ti/c1-2-3-4-6-5(7)8;;;/h6H,2-4H2,1H3,(H,7,8);;;/q;2*-2;+4. The Morgan fingerprint density at radius 1 is 1.45 bits per heavy atom. The van der Waals surface area contributed by atoms with Crippen LogP contribution < -0.4 is 5.32 Å². The quantitative estimate of drug-likeness (QED) is 0.515. The minimum atomic E-state index is -0.932. The third-order valence-electron chi connectivity index (χ3n) is 0.807. The van der Waals surface area contributed by atoms with Gasteiger partial charge in [0, 0.05) is 6.54 Å². The van der Waals surface area contributed by atoms with Crippen LogP contribution in [0.4, 0.5) is 4.79 Å². The van der Waals surface area contributed by atoms with Crippen LogP contribution in [0.2, 0.25) is 0 Å². The van der Waals surface area contributed by atoms with Gasteiger partial charge in [0.1, 0.15) is 0 Å². The molecule has 0 aromatic rings. The minimum Gasteiger partial charge on any atom is -2.00 e. The fraction of sp³-hybridized carbons (Fsp3) is 0.800. The van der Waals surface area contributed by atoms with Crippen molar-refractivity contribution < 1.29 is 42.6 Å². The van der Waals surface area contributed by atoms with Crippen LogP contribution in [0, 0.1) is 0 Å². The fourth-order valence-electron chi connectivity index (χ4n) is 0.372. The van der Waals surface area contributed by atoms with Crippen LogP contribution in [-0.2, 0) is 32.7 Å². The average molecular weight is 197 g/mol. The van der Waals surface area contributed by atoms with Crippen molar-refractivity contribution in [3.8, 4) is 0 Å². The number of unbranched alkanes of at least 4 members (excludes halogenated alkanes) is 1. The first kappa shape index (κ1) is 22.4. The van der Waals surface area contributed by atoms with E-state index in [2.05, 4.69) is 5.32 Å². The molecule has 0 aromatic heterocycles. The summed E-state index contributed by atoms with van der Waals surface area (Å²) in [6.45, 7) is 2.59. The monoisotopic (exact) mass is 197 g/mol. The smallest absolute Gasteiger partial charge is 2.00 e. The molecule has 0 bridgehead atoms. The number of nitrogens with one attached hydrogen (secondary N) is 1. The SMILES string of the molecule is CCCCNC(=O)O.[O-2].[O-2].[Ti+4]. The zero-order valence-corrected chi connectivity index (χ0v) is 7.85. The molecule has 0 radical (unpaired) electrons. The molecule has 6 heteroatoms. The molecular weight excluding hydrogens is 186 g/mol. The molecule has 0 atom stereocenters. The molecule has 0 spiro atoms. The van der Waals surface area contributed by atoms with Gasteiger partial charge in [0.2, 0.25) is 0 Å². The first-order valence-corrected chi connectivity index (χ1v) is 2.74. The summed E-state index contributed by atoms with van der Waals surface area (Å²) in [4.78, 5) is 9.76. The van der Waals surface area contributed by atoms with E-state index in [9.17, 15) is 4.79 Å². The molecule has 5 nitrogen and oxygen atoms in total. The van der Waals surface area contributed by atoms with Gasteiger partial charge in [-0.3, -0.25) is 0 Å². The van der Waals surface area contributed by atoms with Crippen LogP contribution in [0.15, 0.2) is 0 Å². The van der Waals surface area contributed by atoms with Crippen molar-refractivity contribution in [2.45, 2.75) is 19.8 Å². The van der Waals surface area contributed by atoms with Crippen LogP contribution >= 0.6 is 0 Å². The van der Waals surface area contributed by atoms with E-state index >= 15 is 0 Å². The number of hydrogen-bond acceptors (Lipinski definition) is 1. The van der Waals surface area contributed by atoms with Crippen molar-refractivity contribution in [3.05, 3.63) is 0 Å². The van der Waals surface area contributed by atoms with Gasteiger partial charge in [-0.05, 0) is 6.42 Å². The van der Waals surface area contributed by atoms with Gasteiger partial charge in [0.25, 0.3) is 0 Å². The number of rotatable bonds is 3. The van der Waals surface area contributed by atoms with Crippen LogP contribution in [-0.4, -0.2) is 17.7 Å². The Kier molecular flexibility index (Phi) is 33.6. The first-order chi connectivity index (χ1) is 3.77. The molecule has 0 rings (SSSR count). The van der Waals surface area contributed by atoms with Crippen LogP contribution in [0.5, 0.6) is 0 Å². The van der Waals surface area contributed by atoms with E-state index in [0.717, 1.165) is 12.8 Å². The molecule has 0 saturated heterocycles. The van der Waals surface area contributed by atoms with Crippen molar-refractivity contribution >= 4 is 6.09 Å². The number of hydrogen-bond donors (Lipinski definition) is 2. The van der Waals surface area contributed by atoms with Crippen LogP contribution in [0.3, 0.4) is 0 Å². The Balaban J connectivity index is -0.0000000817. The van der Waals surface area contributed by atoms with E-state index in [1.807, 2.05) is 6.92 Å². The number of amides is 1. The van der Waals surface area contributed by atoms with Gasteiger partial charge in [-0.25, -0.2) is 4.79 Å². The maximum Gasteiger partial charge on any atom is 4.00 e. The normalized spacial score (nSPS) is 6.27. The number of carboxylic acid groups (broad SMARTS) is 1. The molecule has 64 valence electrons. The second kappa shape index (κ2) is 16.5. The predicted molar refractivity (Wildman–Crippen MR) is 32.3 cm³/mol. The van der Waals surface area contributed by atoms with Crippen molar-refractivity contribution in [1.82, 2.24) is 5.32 Å². The zero-order valence-electron chi connectivity index (χ0n) is 6.29. The predicted octanol–water partition coefficient (Wildman–Crippen LogP) is 0.814. The Morgan fingerprint density at radius 2 is 1.91 bits per heavy atom. The molecule has 0 saturated carbocycles. The first-order valence-electron chi connectivity index (χ1n) is 2.74. The van der Waals surface area contributed by atoms with E-state index < -0.39 is 6.09 Å². The van der Waals surface area contributed by atoms with E-state index in [0.29, 0.717) is 6.54 Å². The van der Waals surface area contributed by atoms with E-state index in [4.69, 9.17) is 5.11 Å². The van der Waals surface area contributed by atoms with Gasteiger partial charge in [0.15, 0.2) is 0 Å². The molecule has 0 heterocycles. The molecule has 0 aliphatic rings. The van der Waals surface area contributed by atoms with E-state index in [1.54, 1.807) is 0 Å². The van der Waals surface area contributed by atoms with E-state index in [-0.39, 0.29) is 32.7 Å². The molecule has 0 fully saturated rings. The van der Waals surface area contributed by atoms with Crippen molar-refractivity contribution in [2.75, 3.05) is 6.54 Å². The Hall–Kier alpha value is -0.0957. The molecular formula is C5H11NO4Ti. The van der Waals surface area contributed by atoms with Gasteiger partial charge in [-0.1, -0.05) is 13.3 Å². The number of carbonyl (C=O) groups is 1. The topological polar surface area (TPSA) is 106 Å². The van der Waals surface area contributed by atoms with E-state index in [1.165, 1.54) is 0 Å². The Morgan fingerprint density at radius 3 is 2.18 bits per heavy atom. The largest absolute Gasteiger partial charge is 4.00 e. The second-order valence-electron chi connectivity index (χ2n) is 1.59. The summed E-state index contributed by atoms with van der Waals surface area (Å²) in [7, 11) is 0. The molecule has 0 unspecified atom stereocenters. The summed E-state index contributed by atoms with van der Waals surface area (Å²) >= 11 is 0. The minimum absolute atomic E-state index is 0. The van der Waals surface area contributed by atoms with Crippen LogP contribution in [0.25, 0.3) is 0 Å². The molecule has 0 aromatic carbocycles. The summed E-state index contributed by atoms with van der Waals surface area (Å²) in [5, 5.41) is 10.3. The third-order valence-corrected chi connectivity index (χ3v) is 0.807. The molecule has 11 heavy (non-hydrogen) atoms. The van der Waals surface area contributed by atoms with Gasteiger partial charge in [-0.2, -0.15) is 0 Å². The Bertz CT molecular complexity index is 80.9. The molecule has 2 N–H and O–H groups in total. The zero-order chi connectivity index (χ0) is 6.41. The maximum atomic E-state index is 9.76. The van der Waals surface area contributed by atoms with Crippen molar-refractivity contribution in [1.29, 1.82) is 0 Å². The summed E-state index contributed by atoms with van der Waals surface area (Å²) in [5.74, 6) is 0. The van der Waals surface area contributed by atoms with Gasteiger partial charge < -0.3 is 21.4 Å². The summed E-state index contributed by atoms with van der Waals surface area (Å²) in [6.07, 6.45) is 1.02. The van der Waals surface area contributed by atoms with Gasteiger partial charge >= 0.3 is 27.8 Å². The van der Waals surface area contributed by atoms with Crippen molar-refractivity contribution in [2.24, 2.45) is 0 Å². The van der Waals surface area contributed by atoms with Crippen molar-refractivity contribution in [3.63, 3.8) is 0 Å². The summed E-state index contributed by atoms with van der Waals surface area (Å²) in [5.41, 5.74) is 0. The summed E-state index contributed by atoms with van der Waals surface area (Å²) < 4.78 is 0. The molecule has 0 aliphatic carbocycles. The Labute approximate surface area is 80.7 Å². The second-order valence-corrected chi connectivity index (χ2v) is 1.59. The molecule has 1 amide bonds. The molecule has 0 aliphatic heterocycles. The summed E-state index contributed by atoms with van der Waals surface area (Å²) in [6, 6.07) is 0. The van der Waals surface area contributed by atoms with Gasteiger partial charge in [-0.15, -0.1) is 0 Å². The average Bonchev–Trinajstić information content (AvgIpc) is 1.66. The van der Waals surface area contributed by atoms with Crippen LogP contribution in [0.1, 0.15) is 19.8 Å². The fourth-order valence-corrected chi connectivity index (χ4v) is 0.372. The maximum absolute atomic E-state index is 9.76. The van der Waals surface area contributed by atoms with Gasteiger partial charge in [0.05, 0.1) is 0 Å².